The Kier molecular flexibility index (Phi) is 2.76. The number of hydrogen-bond donors (Lipinski definition) is 1. The molecule has 0 atom stereocenters. The molecule has 0 saturated heterocycles. The fourth-order valence-corrected chi connectivity index (χ4v) is 1.38. The van der Waals surface area contributed by atoms with Crippen LogP contribution in [0.1, 0.15) is 5.82 Å². The van der Waals surface area contributed by atoms with E-state index in [1.807, 2.05) is 28.7 Å². The molecule has 1 aromatic heterocycles. The van der Waals surface area contributed by atoms with E-state index in [-0.39, 0.29) is 5.75 Å². The highest BCUT2D eigenvalue weighted by Gasteiger charge is 2.05. The molecule has 0 saturated carbocycles. The van der Waals surface area contributed by atoms with Crippen LogP contribution in [0, 0.1) is 10.5 Å². The summed E-state index contributed by atoms with van der Waals surface area (Å²) in [4.78, 5) is 0. The van der Waals surface area contributed by atoms with E-state index in [0.29, 0.717) is 17.2 Å². The first-order valence-corrected chi connectivity index (χ1v) is 5.27. The lowest BCUT2D eigenvalue weighted by molar-refractivity contribution is 0.471. The topological polar surface area (TPSA) is 71.8 Å². The third-order valence-electron chi connectivity index (χ3n) is 1.78. The number of hydrogen-bond acceptors (Lipinski definition) is 5. The van der Waals surface area contributed by atoms with E-state index in [2.05, 4.69) is 20.4 Å². The van der Waals surface area contributed by atoms with Gasteiger partial charge in [0.1, 0.15) is 5.75 Å². The molecule has 0 spiro atoms. The van der Waals surface area contributed by atoms with E-state index in [1.54, 1.807) is 19.1 Å². The maximum Gasteiger partial charge on any atom is 0.203 e. The molecule has 0 amide bonds. The van der Waals surface area contributed by atoms with Gasteiger partial charge in [0, 0.05) is 5.56 Å². The summed E-state index contributed by atoms with van der Waals surface area (Å²) in [7, 11) is 0. The number of nitrogens with zero attached hydrogens (tertiary/aromatic N) is 4. The average Bonchev–Trinajstić information content (AvgIpc) is 2.23. The zero-order chi connectivity index (χ0) is 10.8. The molecule has 1 N–H and O–H groups in total. The van der Waals surface area contributed by atoms with Crippen molar-refractivity contribution in [2.24, 2.45) is 0 Å². The monoisotopic (exact) mass is 314 g/mol. The van der Waals surface area contributed by atoms with Gasteiger partial charge >= 0.3 is 0 Å². The van der Waals surface area contributed by atoms with Crippen LogP contribution in [0.25, 0.3) is 11.4 Å². The third-order valence-corrected chi connectivity index (χ3v) is 2.70. The molecule has 2 aromatic rings. The van der Waals surface area contributed by atoms with Gasteiger partial charge in [-0.15, -0.1) is 20.4 Å². The lowest BCUT2D eigenvalue weighted by Gasteiger charge is -2.00. The molecule has 0 radical (unpaired) electrons. The number of halogens is 1. The average molecular weight is 314 g/mol. The van der Waals surface area contributed by atoms with Gasteiger partial charge < -0.3 is 5.11 Å². The van der Waals surface area contributed by atoms with Crippen molar-refractivity contribution in [3.63, 3.8) is 0 Å². The predicted molar refractivity (Wildman–Crippen MR) is 62.2 cm³/mol. The zero-order valence-electron chi connectivity index (χ0n) is 7.85. The van der Waals surface area contributed by atoms with Gasteiger partial charge in [0.05, 0.1) is 3.57 Å². The molecule has 2 rings (SSSR count). The fourth-order valence-electron chi connectivity index (χ4n) is 1.05. The highest BCUT2D eigenvalue weighted by Crippen LogP contribution is 2.24. The minimum absolute atomic E-state index is 0.206. The van der Waals surface area contributed by atoms with Crippen molar-refractivity contribution < 1.29 is 5.11 Å². The summed E-state index contributed by atoms with van der Waals surface area (Å²) in [5.41, 5.74) is 0.702. The largest absolute Gasteiger partial charge is 0.507 e. The summed E-state index contributed by atoms with van der Waals surface area (Å²) in [6.07, 6.45) is 0. The van der Waals surface area contributed by atoms with E-state index < -0.39 is 0 Å². The van der Waals surface area contributed by atoms with Crippen molar-refractivity contribution in [3.05, 3.63) is 27.6 Å². The zero-order valence-corrected chi connectivity index (χ0v) is 10.0. The predicted octanol–water partition coefficient (Wildman–Crippen LogP) is 1.55. The number of phenolic OH excluding ortho intramolecular Hbond substituents is 1. The smallest absolute Gasteiger partial charge is 0.203 e. The normalized spacial score (nSPS) is 10.3. The highest BCUT2D eigenvalue weighted by atomic mass is 127. The SMILES string of the molecule is Cc1nnc(-c2ccc(I)c(O)c2)nn1. The van der Waals surface area contributed by atoms with Crippen molar-refractivity contribution in [3.8, 4) is 17.1 Å². The van der Waals surface area contributed by atoms with Crippen molar-refractivity contribution >= 4 is 22.6 Å². The maximum absolute atomic E-state index is 9.51. The molecular formula is C9H7IN4O. The van der Waals surface area contributed by atoms with Gasteiger partial charge in [0.15, 0.2) is 5.82 Å². The summed E-state index contributed by atoms with van der Waals surface area (Å²) in [5.74, 6) is 1.14. The number of aromatic hydroxyl groups is 1. The van der Waals surface area contributed by atoms with Crippen LogP contribution in [-0.2, 0) is 0 Å². The van der Waals surface area contributed by atoms with Crippen LogP contribution in [0.2, 0.25) is 0 Å². The molecule has 0 bridgehead atoms. The van der Waals surface area contributed by atoms with Gasteiger partial charge in [0.25, 0.3) is 0 Å². The molecular weight excluding hydrogens is 307 g/mol. The molecule has 1 aromatic carbocycles. The quantitative estimate of drug-likeness (QED) is 0.809. The highest BCUT2D eigenvalue weighted by molar-refractivity contribution is 14.1. The Morgan fingerprint density at radius 2 is 1.80 bits per heavy atom. The van der Waals surface area contributed by atoms with E-state index in [0.717, 1.165) is 3.57 Å². The lowest BCUT2D eigenvalue weighted by atomic mass is 10.2. The van der Waals surface area contributed by atoms with Crippen molar-refractivity contribution in [2.45, 2.75) is 6.92 Å². The van der Waals surface area contributed by atoms with E-state index in [4.69, 9.17) is 0 Å². The number of benzene rings is 1. The van der Waals surface area contributed by atoms with Gasteiger partial charge in [-0.2, -0.15) is 0 Å². The van der Waals surface area contributed by atoms with Crippen molar-refractivity contribution in [1.82, 2.24) is 20.4 Å². The van der Waals surface area contributed by atoms with Crippen LogP contribution < -0.4 is 0 Å². The van der Waals surface area contributed by atoms with Crippen LogP contribution in [0.15, 0.2) is 18.2 Å². The number of rotatable bonds is 1. The Morgan fingerprint density at radius 3 is 2.40 bits per heavy atom. The van der Waals surface area contributed by atoms with Crippen LogP contribution in [-0.4, -0.2) is 25.5 Å². The van der Waals surface area contributed by atoms with Gasteiger partial charge in [-0.1, -0.05) is 0 Å². The molecule has 0 aliphatic rings. The Hall–Kier alpha value is -1.31. The summed E-state index contributed by atoms with van der Waals surface area (Å²) in [6.45, 7) is 1.72. The molecule has 1 heterocycles. The summed E-state index contributed by atoms with van der Waals surface area (Å²) < 4.78 is 0.782. The number of aromatic nitrogens is 4. The Bertz CT molecular complexity index is 486. The van der Waals surface area contributed by atoms with Gasteiger partial charge in [-0.3, -0.25) is 0 Å². The first-order chi connectivity index (χ1) is 7.16. The summed E-state index contributed by atoms with van der Waals surface area (Å²) in [5, 5.41) is 24.9. The van der Waals surface area contributed by atoms with Crippen LogP contribution >= 0.6 is 22.6 Å². The third kappa shape index (κ3) is 2.20. The molecule has 5 nitrogen and oxygen atoms in total. The van der Waals surface area contributed by atoms with Crippen LogP contribution in [0.4, 0.5) is 0 Å². The molecule has 0 aliphatic carbocycles. The standard InChI is InChI=1S/C9H7IN4O/c1-5-11-13-9(14-12-5)6-2-3-7(10)8(15)4-6/h2-4,15H,1H3. The van der Waals surface area contributed by atoms with Crippen molar-refractivity contribution in [2.75, 3.05) is 0 Å². The van der Waals surface area contributed by atoms with E-state index in [1.165, 1.54) is 0 Å². The Labute approximate surface area is 99.7 Å². The Balaban J connectivity index is 2.45. The van der Waals surface area contributed by atoms with Gasteiger partial charge in [0.2, 0.25) is 5.82 Å². The van der Waals surface area contributed by atoms with Crippen molar-refractivity contribution in [1.29, 1.82) is 0 Å². The first kappa shape index (κ1) is 10.2. The summed E-state index contributed by atoms with van der Waals surface area (Å²) >= 11 is 2.04. The second-order valence-electron chi connectivity index (χ2n) is 2.94. The number of aryl methyl sites for hydroxylation is 1. The van der Waals surface area contributed by atoms with Crippen LogP contribution in [0.3, 0.4) is 0 Å². The second-order valence-corrected chi connectivity index (χ2v) is 4.10. The molecule has 0 fully saturated rings. The molecule has 0 unspecified atom stereocenters. The molecule has 6 heteroatoms. The lowest BCUT2D eigenvalue weighted by Crippen LogP contribution is -1.98. The minimum Gasteiger partial charge on any atom is -0.507 e. The van der Waals surface area contributed by atoms with Gasteiger partial charge in [-0.05, 0) is 47.7 Å². The van der Waals surface area contributed by atoms with Crippen LogP contribution in [0.5, 0.6) is 5.75 Å². The molecule has 15 heavy (non-hydrogen) atoms. The second kappa shape index (κ2) is 4.05. The molecule has 76 valence electrons. The minimum atomic E-state index is 0.206. The first-order valence-electron chi connectivity index (χ1n) is 4.20. The summed E-state index contributed by atoms with van der Waals surface area (Å²) in [6, 6.07) is 5.19. The fraction of sp³-hybridized carbons (Fsp3) is 0.111. The Morgan fingerprint density at radius 1 is 1.13 bits per heavy atom. The van der Waals surface area contributed by atoms with E-state index in [9.17, 15) is 5.11 Å². The van der Waals surface area contributed by atoms with Gasteiger partial charge in [-0.25, -0.2) is 0 Å². The molecule has 0 aliphatic heterocycles. The van der Waals surface area contributed by atoms with E-state index >= 15 is 0 Å². The maximum atomic E-state index is 9.51. The number of phenols is 1.